The largest absolute Gasteiger partial charge is 0.488 e. The average molecular weight is 226 g/mol. The van der Waals surface area contributed by atoms with Crippen LogP contribution in [0.1, 0.15) is 0 Å². The van der Waals surface area contributed by atoms with Gasteiger partial charge in [-0.05, 0) is 17.6 Å². The minimum absolute atomic E-state index is 0.253. The first kappa shape index (κ1) is 11.0. The molecule has 84 valence electrons. The SMILES string of the molecule is OB(O)c1ccc2ncn(CC(F)F)c2c1. The summed E-state index contributed by atoms with van der Waals surface area (Å²) in [7, 11) is -1.61. The Balaban J connectivity index is 2.47. The summed E-state index contributed by atoms with van der Waals surface area (Å²) in [6.07, 6.45) is -1.16. The van der Waals surface area contributed by atoms with E-state index < -0.39 is 20.1 Å². The normalized spacial score (nSPS) is 11.3. The number of alkyl halides is 2. The minimum Gasteiger partial charge on any atom is -0.423 e. The van der Waals surface area contributed by atoms with Gasteiger partial charge in [-0.2, -0.15) is 0 Å². The van der Waals surface area contributed by atoms with Crippen LogP contribution >= 0.6 is 0 Å². The van der Waals surface area contributed by atoms with Crippen molar-refractivity contribution in [2.75, 3.05) is 0 Å². The Hall–Kier alpha value is -1.47. The fourth-order valence-corrected chi connectivity index (χ4v) is 1.53. The van der Waals surface area contributed by atoms with E-state index in [2.05, 4.69) is 4.98 Å². The zero-order chi connectivity index (χ0) is 11.7. The molecule has 4 nitrogen and oxygen atoms in total. The molecule has 1 aromatic carbocycles. The van der Waals surface area contributed by atoms with Gasteiger partial charge in [-0.1, -0.05) is 6.07 Å². The van der Waals surface area contributed by atoms with Crippen LogP contribution in [0.2, 0.25) is 0 Å². The number of fused-ring (bicyclic) bond motifs is 1. The predicted molar refractivity (Wildman–Crippen MR) is 55.6 cm³/mol. The Bertz CT molecular complexity index is 501. The quantitative estimate of drug-likeness (QED) is 0.723. The third kappa shape index (κ3) is 2.05. The molecule has 0 radical (unpaired) electrons. The van der Waals surface area contributed by atoms with Crippen molar-refractivity contribution in [2.45, 2.75) is 13.0 Å². The topological polar surface area (TPSA) is 58.3 Å². The molecule has 0 fully saturated rings. The van der Waals surface area contributed by atoms with Crippen LogP contribution in [0, 0.1) is 0 Å². The Morgan fingerprint density at radius 1 is 1.38 bits per heavy atom. The van der Waals surface area contributed by atoms with Crippen molar-refractivity contribution < 1.29 is 18.8 Å². The highest BCUT2D eigenvalue weighted by Crippen LogP contribution is 2.12. The molecule has 16 heavy (non-hydrogen) atoms. The van der Waals surface area contributed by atoms with Crippen LogP contribution in [-0.2, 0) is 6.54 Å². The van der Waals surface area contributed by atoms with Gasteiger partial charge in [0.15, 0.2) is 0 Å². The van der Waals surface area contributed by atoms with Gasteiger partial charge < -0.3 is 14.6 Å². The molecule has 1 heterocycles. The van der Waals surface area contributed by atoms with Crippen molar-refractivity contribution in [3.63, 3.8) is 0 Å². The van der Waals surface area contributed by atoms with Gasteiger partial charge in [0.2, 0.25) is 0 Å². The summed E-state index contributed by atoms with van der Waals surface area (Å²) in [5, 5.41) is 17.9. The molecule has 0 saturated carbocycles. The average Bonchev–Trinajstić information content (AvgIpc) is 2.60. The molecular weight excluding hydrogens is 217 g/mol. The summed E-state index contributed by atoms with van der Waals surface area (Å²) in [4.78, 5) is 3.94. The monoisotopic (exact) mass is 226 g/mol. The van der Waals surface area contributed by atoms with Gasteiger partial charge in [-0.15, -0.1) is 0 Å². The Morgan fingerprint density at radius 3 is 2.75 bits per heavy atom. The number of imidazole rings is 1. The number of hydrogen-bond donors (Lipinski definition) is 2. The molecule has 0 amide bonds. The molecular formula is C9H9BF2N2O2. The highest BCUT2D eigenvalue weighted by Gasteiger charge is 2.14. The second-order valence-electron chi connectivity index (χ2n) is 3.41. The van der Waals surface area contributed by atoms with Crippen LogP contribution in [-0.4, -0.2) is 33.1 Å². The van der Waals surface area contributed by atoms with Gasteiger partial charge in [0.05, 0.1) is 23.9 Å². The fraction of sp³-hybridized carbons (Fsp3) is 0.222. The van der Waals surface area contributed by atoms with Crippen molar-refractivity contribution in [1.82, 2.24) is 9.55 Å². The van der Waals surface area contributed by atoms with Crippen molar-refractivity contribution in [2.24, 2.45) is 0 Å². The lowest BCUT2D eigenvalue weighted by Crippen LogP contribution is -2.29. The summed E-state index contributed by atoms with van der Waals surface area (Å²) in [5.74, 6) is 0. The maximum Gasteiger partial charge on any atom is 0.488 e. The molecule has 0 aliphatic heterocycles. The van der Waals surface area contributed by atoms with Gasteiger partial charge in [-0.3, -0.25) is 0 Å². The molecule has 2 rings (SSSR count). The molecule has 2 aromatic rings. The summed E-state index contributed by atoms with van der Waals surface area (Å²) in [6, 6.07) is 4.49. The third-order valence-electron chi connectivity index (χ3n) is 2.28. The lowest BCUT2D eigenvalue weighted by atomic mass is 9.80. The van der Waals surface area contributed by atoms with E-state index in [4.69, 9.17) is 10.0 Å². The number of halogens is 2. The van der Waals surface area contributed by atoms with Gasteiger partial charge in [0.1, 0.15) is 0 Å². The van der Waals surface area contributed by atoms with Crippen LogP contribution < -0.4 is 5.46 Å². The van der Waals surface area contributed by atoms with E-state index in [0.717, 1.165) is 0 Å². The van der Waals surface area contributed by atoms with Crippen molar-refractivity contribution in [3.05, 3.63) is 24.5 Å². The summed E-state index contributed by atoms with van der Waals surface area (Å²) < 4.78 is 25.8. The third-order valence-corrected chi connectivity index (χ3v) is 2.28. The Kier molecular flexibility index (Phi) is 2.89. The number of nitrogens with zero attached hydrogens (tertiary/aromatic N) is 2. The van der Waals surface area contributed by atoms with E-state index in [1.54, 1.807) is 6.07 Å². The van der Waals surface area contributed by atoms with Gasteiger partial charge in [-0.25, -0.2) is 13.8 Å². The first-order valence-electron chi connectivity index (χ1n) is 4.67. The zero-order valence-corrected chi connectivity index (χ0v) is 8.22. The van der Waals surface area contributed by atoms with Gasteiger partial charge >= 0.3 is 7.12 Å². The van der Waals surface area contributed by atoms with E-state index >= 15 is 0 Å². The molecule has 0 saturated heterocycles. The van der Waals surface area contributed by atoms with Gasteiger partial charge in [0.25, 0.3) is 6.43 Å². The standard InChI is InChI=1S/C9H9BF2N2O2/c11-9(12)4-14-5-13-7-2-1-6(10(15)16)3-8(7)14/h1-3,5,9,15-16H,4H2. The van der Waals surface area contributed by atoms with Crippen molar-refractivity contribution >= 4 is 23.6 Å². The molecule has 0 aliphatic carbocycles. The first-order valence-corrected chi connectivity index (χ1v) is 4.67. The van der Waals surface area contributed by atoms with E-state index in [0.29, 0.717) is 11.0 Å². The van der Waals surface area contributed by atoms with E-state index in [-0.39, 0.29) is 5.46 Å². The van der Waals surface area contributed by atoms with E-state index in [1.807, 2.05) is 0 Å². The van der Waals surface area contributed by atoms with Crippen molar-refractivity contribution in [1.29, 1.82) is 0 Å². The fourth-order valence-electron chi connectivity index (χ4n) is 1.53. The molecule has 0 aliphatic rings. The maximum atomic E-state index is 12.2. The molecule has 0 spiro atoms. The number of rotatable bonds is 3. The van der Waals surface area contributed by atoms with Crippen LogP contribution in [0.15, 0.2) is 24.5 Å². The Labute approximate surface area is 90.3 Å². The van der Waals surface area contributed by atoms with Crippen LogP contribution in [0.25, 0.3) is 11.0 Å². The summed E-state index contributed by atoms with van der Waals surface area (Å²) in [6.45, 7) is -0.457. The smallest absolute Gasteiger partial charge is 0.423 e. The number of aromatic nitrogens is 2. The predicted octanol–water partition coefficient (Wildman–Crippen LogP) is -0.0188. The van der Waals surface area contributed by atoms with Crippen LogP contribution in [0.3, 0.4) is 0 Å². The Morgan fingerprint density at radius 2 is 2.12 bits per heavy atom. The lowest BCUT2D eigenvalue weighted by molar-refractivity contribution is 0.128. The first-order chi connectivity index (χ1) is 7.58. The molecule has 2 N–H and O–H groups in total. The number of hydrogen-bond acceptors (Lipinski definition) is 3. The molecule has 1 aromatic heterocycles. The summed E-state index contributed by atoms with van der Waals surface area (Å²) in [5.41, 5.74) is 1.26. The highest BCUT2D eigenvalue weighted by molar-refractivity contribution is 6.58. The number of benzene rings is 1. The van der Waals surface area contributed by atoms with Crippen molar-refractivity contribution in [3.8, 4) is 0 Å². The molecule has 7 heteroatoms. The highest BCUT2D eigenvalue weighted by atomic mass is 19.3. The van der Waals surface area contributed by atoms with Crippen LogP contribution in [0.4, 0.5) is 8.78 Å². The zero-order valence-electron chi connectivity index (χ0n) is 8.22. The van der Waals surface area contributed by atoms with Gasteiger partial charge in [0, 0.05) is 0 Å². The van der Waals surface area contributed by atoms with E-state index in [1.165, 1.54) is 23.0 Å². The van der Waals surface area contributed by atoms with Crippen LogP contribution in [0.5, 0.6) is 0 Å². The maximum absolute atomic E-state index is 12.2. The lowest BCUT2D eigenvalue weighted by Gasteiger charge is -2.04. The minimum atomic E-state index is -2.47. The molecule has 0 unspecified atom stereocenters. The second kappa shape index (κ2) is 4.19. The second-order valence-corrected chi connectivity index (χ2v) is 3.41. The van der Waals surface area contributed by atoms with E-state index in [9.17, 15) is 8.78 Å². The summed E-state index contributed by atoms with van der Waals surface area (Å²) >= 11 is 0. The molecule has 0 atom stereocenters. The molecule has 0 bridgehead atoms.